The van der Waals surface area contributed by atoms with Gasteiger partial charge in [0.2, 0.25) is 11.8 Å². The quantitative estimate of drug-likeness (QED) is 0.821. The van der Waals surface area contributed by atoms with Crippen molar-refractivity contribution in [3.05, 3.63) is 29.8 Å². The maximum absolute atomic E-state index is 13.5. The van der Waals surface area contributed by atoms with Crippen molar-refractivity contribution in [3.63, 3.8) is 0 Å². The van der Waals surface area contributed by atoms with Gasteiger partial charge in [-0.15, -0.1) is 0 Å². The molecule has 1 aromatic carbocycles. The fraction of sp³-hybridized carbons (Fsp3) is 0.467. The lowest BCUT2D eigenvalue weighted by Crippen LogP contribution is -2.47. The zero-order valence-corrected chi connectivity index (χ0v) is 12.6. The van der Waals surface area contributed by atoms with Crippen molar-refractivity contribution < 1.29 is 18.4 Å². The number of rotatable bonds is 5. The minimum atomic E-state index is -1.37. The van der Waals surface area contributed by atoms with Gasteiger partial charge in [0, 0.05) is 12.1 Å². The SMILES string of the molecule is CCC(C)NC(=O)C(C)(C)C(=O)Nc1ccc(F)cc1F. The Morgan fingerprint density at radius 3 is 2.38 bits per heavy atom. The van der Waals surface area contributed by atoms with Crippen LogP contribution in [0.2, 0.25) is 0 Å². The third-order valence-corrected chi connectivity index (χ3v) is 3.30. The van der Waals surface area contributed by atoms with E-state index in [4.69, 9.17) is 0 Å². The predicted molar refractivity (Wildman–Crippen MR) is 76.7 cm³/mol. The predicted octanol–water partition coefficient (Wildman–Crippen LogP) is 2.84. The van der Waals surface area contributed by atoms with Crippen LogP contribution >= 0.6 is 0 Å². The van der Waals surface area contributed by atoms with Crippen molar-refractivity contribution in [3.8, 4) is 0 Å². The minimum Gasteiger partial charge on any atom is -0.353 e. The lowest BCUT2D eigenvalue weighted by Gasteiger charge is -2.24. The lowest BCUT2D eigenvalue weighted by atomic mass is 9.90. The van der Waals surface area contributed by atoms with Gasteiger partial charge in [-0.05, 0) is 39.3 Å². The summed E-state index contributed by atoms with van der Waals surface area (Å²) in [4.78, 5) is 24.2. The molecule has 21 heavy (non-hydrogen) atoms. The van der Waals surface area contributed by atoms with Crippen LogP contribution in [-0.4, -0.2) is 17.9 Å². The maximum atomic E-state index is 13.5. The van der Waals surface area contributed by atoms with E-state index in [2.05, 4.69) is 10.6 Å². The molecule has 2 amide bonds. The summed E-state index contributed by atoms with van der Waals surface area (Å²) in [7, 11) is 0. The number of hydrogen-bond acceptors (Lipinski definition) is 2. The number of halogens is 2. The van der Waals surface area contributed by atoms with Gasteiger partial charge < -0.3 is 10.6 Å². The Hall–Kier alpha value is -1.98. The van der Waals surface area contributed by atoms with Crippen LogP contribution in [0.1, 0.15) is 34.1 Å². The molecule has 0 aromatic heterocycles. The van der Waals surface area contributed by atoms with Gasteiger partial charge in [0.1, 0.15) is 17.0 Å². The van der Waals surface area contributed by atoms with Crippen LogP contribution in [0.3, 0.4) is 0 Å². The molecule has 1 aromatic rings. The highest BCUT2D eigenvalue weighted by molar-refractivity contribution is 6.09. The standard InChI is InChI=1S/C15H20F2N2O2/c1-5-9(2)18-13(20)15(3,4)14(21)19-12-7-6-10(16)8-11(12)17/h6-9H,5H2,1-4H3,(H,18,20)(H,19,21). The number of hydrogen-bond donors (Lipinski definition) is 2. The van der Waals surface area contributed by atoms with E-state index in [0.29, 0.717) is 6.07 Å². The smallest absolute Gasteiger partial charge is 0.239 e. The Bertz CT molecular complexity index is 544. The fourth-order valence-electron chi connectivity index (χ4n) is 1.48. The van der Waals surface area contributed by atoms with Crippen LogP contribution in [0.15, 0.2) is 18.2 Å². The Labute approximate surface area is 122 Å². The highest BCUT2D eigenvalue weighted by Gasteiger charge is 2.36. The largest absolute Gasteiger partial charge is 0.353 e. The molecule has 0 spiro atoms. The molecule has 1 unspecified atom stereocenters. The van der Waals surface area contributed by atoms with Gasteiger partial charge in [-0.2, -0.15) is 0 Å². The monoisotopic (exact) mass is 298 g/mol. The van der Waals surface area contributed by atoms with E-state index in [9.17, 15) is 18.4 Å². The van der Waals surface area contributed by atoms with Gasteiger partial charge in [-0.25, -0.2) is 8.78 Å². The zero-order valence-electron chi connectivity index (χ0n) is 12.6. The molecular formula is C15H20F2N2O2. The molecule has 0 fully saturated rings. The van der Waals surface area contributed by atoms with Gasteiger partial charge in [0.25, 0.3) is 0 Å². The van der Waals surface area contributed by atoms with E-state index < -0.39 is 28.9 Å². The number of carbonyl (C=O) groups is 2. The second kappa shape index (κ2) is 6.65. The van der Waals surface area contributed by atoms with Crippen molar-refractivity contribution in [1.29, 1.82) is 0 Å². The van der Waals surface area contributed by atoms with E-state index in [1.165, 1.54) is 13.8 Å². The summed E-state index contributed by atoms with van der Waals surface area (Å²) in [6.07, 6.45) is 0.732. The van der Waals surface area contributed by atoms with Crippen LogP contribution in [0, 0.1) is 17.0 Å². The topological polar surface area (TPSA) is 58.2 Å². The number of anilines is 1. The van der Waals surface area contributed by atoms with Crippen LogP contribution in [0.5, 0.6) is 0 Å². The Balaban J connectivity index is 2.83. The molecule has 0 aliphatic rings. The van der Waals surface area contributed by atoms with Crippen LogP contribution < -0.4 is 10.6 Å². The first-order valence-electron chi connectivity index (χ1n) is 6.76. The van der Waals surface area contributed by atoms with E-state index in [1.54, 1.807) is 0 Å². The second-order valence-corrected chi connectivity index (χ2v) is 5.49. The number of benzene rings is 1. The summed E-state index contributed by atoms with van der Waals surface area (Å²) in [5, 5.41) is 5.02. The fourth-order valence-corrected chi connectivity index (χ4v) is 1.48. The van der Waals surface area contributed by atoms with Crippen molar-refractivity contribution in [1.82, 2.24) is 5.32 Å². The molecule has 0 heterocycles. The van der Waals surface area contributed by atoms with Gasteiger partial charge in [0.05, 0.1) is 5.69 Å². The minimum absolute atomic E-state index is 0.0628. The Morgan fingerprint density at radius 2 is 1.86 bits per heavy atom. The van der Waals surface area contributed by atoms with Gasteiger partial charge in [-0.1, -0.05) is 6.92 Å². The van der Waals surface area contributed by atoms with Gasteiger partial charge >= 0.3 is 0 Å². The van der Waals surface area contributed by atoms with Crippen molar-refractivity contribution in [2.75, 3.05) is 5.32 Å². The summed E-state index contributed by atoms with van der Waals surface area (Å²) in [5.41, 5.74) is -1.53. The molecule has 0 bridgehead atoms. The summed E-state index contributed by atoms with van der Waals surface area (Å²) in [5.74, 6) is -2.73. The molecule has 0 saturated carbocycles. The highest BCUT2D eigenvalue weighted by atomic mass is 19.1. The summed E-state index contributed by atoms with van der Waals surface area (Å²) in [6, 6.07) is 2.75. The molecule has 0 radical (unpaired) electrons. The van der Waals surface area contributed by atoms with Gasteiger partial charge in [0.15, 0.2) is 0 Å². The van der Waals surface area contributed by atoms with Crippen LogP contribution in [-0.2, 0) is 9.59 Å². The number of nitrogens with one attached hydrogen (secondary N) is 2. The van der Waals surface area contributed by atoms with E-state index in [0.717, 1.165) is 18.6 Å². The molecule has 4 nitrogen and oxygen atoms in total. The first-order valence-corrected chi connectivity index (χ1v) is 6.76. The first kappa shape index (κ1) is 17.1. The summed E-state index contributed by atoms with van der Waals surface area (Å²) in [6.45, 7) is 6.63. The van der Waals surface area contributed by atoms with E-state index in [1.807, 2.05) is 13.8 Å². The Morgan fingerprint density at radius 1 is 1.24 bits per heavy atom. The average Bonchev–Trinajstić information content (AvgIpc) is 2.41. The zero-order chi connectivity index (χ0) is 16.2. The van der Waals surface area contributed by atoms with Crippen molar-refractivity contribution >= 4 is 17.5 Å². The van der Waals surface area contributed by atoms with Crippen molar-refractivity contribution in [2.24, 2.45) is 5.41 Å². The van der Waals surface area contributed by atoms with Crippen LogP contribution in [0.25, 0.3) is 0 Å². The third kappa shape index (κ3) is 4.24. The van der Waals surface area contributed by atoms with Gasteiger partial charge in [-0.3, -0.25) is 9.59 Å². The van der Waals surface area contributed by atoms with E-state index in [-0.39, 0.29) is 11.7 Å². The summed E-state index contributed by atoms with van der Waals surface area (Å²) >= 11 is 0. The average molecular weight is 298 g/mol. The third-order valence-electron chi connectivity index (χ3n) is 3.30. The molecule has 6 heteroatoms. The van der Waals surface area contributed by atoms with Crippen molar-refractivity contribution in [2.45, 2.75) is 40.2 Å². The molecule has 116 valence electrons. The second-order valence-electron chi connectivity index (χ2n) is 5.49. The molecule has 0 saturated heterocycles. The Kier molecular flexibility index (Phi) is 5.41. The maximum Gasteiger partial charge on any atom is 0.239 e. The molecule has 0 aliphatic heterocycles. The molecule has 2 N–H and O–H groups in total. The molecule has 1 rings (SSSR count). The molecular weight excluding hydrogens is 278 g/mol. The first-order chi connectivity index (χ1) is 9.68. The molecule has 1 atom stereocenters. The molecule has 0 aliphatic carbocycles. The van der Waals surface area contributed by atoms with E-state index >= 15 is 0 Å². The van der Waals surface area contributed by atoms with Crippen LogP contribution in [0.4, 0.5) is 14.5 Å². The number of amides is 2. The summed E-state index contributed by atoms with van der Waals surface area (Å²) < 4.78 is 26.3. The highest BCUT2D eigenvalue weighted by Crippen LogP contribution is 2.21. The lowest BCUT2D eigenvalue weighted by molar-refractivity contribution is -0.138. The normalized spacial score (nSPS) is 12.7. The number of carbonyl (C=O) groups excluding carboxylic acids is 2.